The van der Waals surface area contributed by atoms with E-state index in [0.717, 1.165) is 33.8 Å². The molecule has 0 N–H and O–H groups in total. The van der Waals surface area contributed by atoms with Crippen LogP contribution >= 0.6 is 0 Å². The third-order valence-electron chi connectivity index (χ3n) is 3.65. The molecule has 0 radical (unpaired) electrons. The van der Waals surface area contributed by atoms with Gasteiger partial charge in [-0.1, -0.05) is 5.57 Å². The zero-order chi connectivity index (χ0) is 15.2. The van der Waals surface area contributed by atoms with E-state index in [1.165, 1.54) is 0 Å². The minimum absolute atomic E-state index is 0.349. The molecule has 1 aliphatic rings. The van der Waals surface area contributed by atoms with Crippen molar-refractivity contribution in [3.05, 3.63) is 39.4 Å². The highest BCUT2D eigenvalue weighted by molar-refractivity contribution is 6.22. The lowest BCUT2D eigenvalue weighted by Crippen LogP contribution is -2.00. The number of hydrogen-bond acceptors (Lipinski definition) is 4. The van der Waals surface area contributed by atoms with E-state index in [1.54, 1.807) is 13.8 Å². The van der Waals surface area contributed by atoms with E-state index in [4.69, 9.17) is 9.15 Å². The second kappa shape index (κ2) is 4.78. The van der Waals surface area contributed by atoms with Crippen LogP contribution < -0.4 is 0 Å². The van der Waals surface area contributed by atoms with Crippen molar-refractivity contribution in [2.45, 2.75) is 41.5 Å². The molecule has 0 unspecified atom stereocenters. The van der Waals surface area contributed by atoms with Crippen molar-refractivity contribution < 1.29 is 18.7 Å². The first-order valence-corrected chi connectivity index (χ1v) is 6.47. The van der Waals surface area contributed by atoms with E-state index >= 15 is 0 Å². The van der Waals surface area contributed by atoms with E-state index < -0.39 is 11.9 Å². The van der Waals surface area contributed by atoms with Gasteiger partial charge in [-0.3, -0.25) is 0 Å². The summed E-state index contributed by atoms with van der Waals surface area (Å²) in [6, 6.07) is 0. The van der Waals surface area contributed by atoms with Gasteiger partial charge < -0.3 is 9.15 Å². The number of esters is 2. The van der Waals surface area contributed by atoms with Crippen LogP contribution in [-0.4, -0.2) is 11.9 Å². The van der Waals surface area contributed by atoms with Crippen molar-refractivity contribution in [2.75, 3.05) is 0 Å². The number of cyclic esters (lactones) is 2. The fourth-order valence-electron chi connectivity index (χ4n) is 2.65. The van der Waals surface area contributed by atoms with Crippen LogP contribution in [0.2, 0.25) is 0 Å². The molecule has 1 aromatic rings. The molecule has 1 fully saturated rings. The molecule has 2 heterocycles. The van der Waals surface area contributed by atoms with Gasteiger partial charge in [0.1, 0.15) is 11.5 Å². The van der Waals surface area contributed by atoms with E-state index in [1.807, 2.05) is 27.7 Å². The average molecular weight is 274 g/mol. The van der Waals surface area contributed by atoms with E-state index in [9.17, 15) is 9.59 Å². The molecule has 0 saturated carbocycles. The van der Waals surface area contributed by atoms with E-state index in [-0.39, 0.29) is 0 Å². The monoisotopic (exact) mass is 274 g/mol. The van der Waals surface area contributed by atoms with Crippen LogP contribution in [0.1, 0.15) is 43.4 Å². The molecule has 1 aliphatic heterocycles. The highest BCUT2D eigenvalue weighted by Gasteiger charge is 2.36. The molecule has 4 nitrogen and oxygen atoms in total. The number of hydrogen-bond donors (Lipinski definition) is 0. The predicted molar refractivity (Wildman–Crippen MR) is 75.0 cm³/mol. The molecule has 0 spiro atoms. The van der Waals surface area contributed by atoms with Gasteiger partial charge in [-0.25, -0.2) is 9.59 Å². The normalized spacial score (nSPS) is 17.6. The topological polar surface area (TPSA) is 56.5 Å². The van der Waals surface area contributed by atoms with Crippen molar-refractivity contribution in [1.29, 1.82) is 0 Å². The first-order chi connectivity index (χ1) is 9.25. The van der Waals surface area contributed by atoms with Crippen LogP contribution in [0.4, 0.5) is 0 Å². The number of allylic oxidation sites excluding steroid dienone is 2. The lowest BCUT2D eigenvalue weighted by molar-refractivity contribution is -0.149. The summed E-state index contributed by atoms with van der Waals surface area (Å²) in [6.45, 7) is 11.1. The molecule has 0 atom stereocenters. The summed E-state index contributed by atoms with van der Waals surface area (Å²) >= 11 is 0. The summed E-state index contributed by atoms with van der Waals surface area (Å²) in [5.41, 5.74) is 4.07. The number of furan rings is 1. The van der Waals surface area contributed by atoms with Gasteiger partial charge >= 0.3 is 11.9 Å². The van der Waals surface area contributed by atoms with Crippen LogP contribution in [0.25, 0.3) is 5.57 Å². The van der Waals surface area contributed by atoms with Crippen LogP contribution in [0.15, 0.2) is 21.1 Å². The lowest BCUT2D eigenvalue weighted by Gasteiger charge is -2.06. The maximum atomic E-state index is 12.0. The Morgan fingerprint density at radius 3 is 1.85 bits per heavy atom. The summed E-state index contributed by atoms with van der Waals surface area (Å²) in [7, 11) is 0. The molecule has 0 aromatic carbocycles. The van der Waals surface area contributed by atoms with E-state index in [2.05, 4.69) is 0 Å². The molecule has 20 heavy (non-hydrogen) atoms. The second-order valence-electron chi connectivity index (χ2n) is 5.27. The van der Waals surface area contributed by atoms with Gasteiger partial charge in [0.2, 0.25) is 0 Å². The molecule has 0 bridgehead atoms. The Hall–Kier alpha value is -2.10. The minimum Gasteiger partial charge on any atom is -0.466 e. The number of rotatable bonds is 1. The quantitative estimate of drug-likeness (QED) is 0.447. The zero-order valence-electron chi connectivity index (χ0n) is 12.6. The molecule has 106 valence electrons. The molecule has 0 amide bonds. The highest BCUT2D eigenvalue weighted by Crippen LogP contribution is 2.36. The van der Waals surface area contributed by atoms with Gasteiger partial charge in [-0.05, 0) is 52.7 Å². The van der Waals surface area contributed by atoms with Crippen molar-refractivity contribution in [2.24, 2.45) is 0 Å². The van der Waals surface area contributed by atoms with Gasteiger partial charge in [0.05, 0.1) is 11.1 Å². The minimum atomic E-state index is -0.582. The zero-order valence-corrected chi connectivity index (χ0v) is 12.6. The largest absolute Gasteiger partial charge is 0.466 e. The van der Waals surface area contributed by atoms with Crippen molar-refractivity contribution in [1.82, 2.24) is 0 Å². The summed E-state index contributed by atoms with van der Waals surface area (Å²) in [5.74, 6) is 0.403. The Kier molecular flexibility index (Phi) is 3.42. The van der Waals surface area contributed by atoms with Gasteiger partial charge in [-0.15, -0.1) is 0 Å². The summed E-state index contributed by atoms with van der Waals surface area (Å²) in [4.78, 5) is 23.8. The van der Waals surface area contributed by atoms with Crippen LogP contribution in [0.5, 0.6) is 0 Å². The van der Waals surface area contributed by atoms with Gasteiger partial charge in [0.25, 0.3) is 0 Å². The van der Waals surface area contributed by atoms with Gasteiger partial charge in [0.15, 0.2) is 0 Å². The first kappa shape index (κ1) is 14.3. The number of carbonyl (C=O) groups excluding carboxylic acids is 2. The van der Waals surface area contributed by atoms with Crippen LogP contribution in [-0.2, 0) is 14.3 Å². The third kappa shape index (κ3) is 2.01. The Bertz CT molecular complexity index is 680. The Balaban J connectivity index is 2.76. The summed E-state index contributed by atoms with van der Waals surface area (Å²) in [6.07, 6.45) is 0. The van der Waals surface area contributed by atoms with Crippen molar-refractivity contribution in [3.63, 3.8) is 0 Å². The molecular weight excluding hydrogens is 256 g/mol. The van der Waals surface area contributed by atoms with Crippen LogP contribution in [0.3, 0.4) is 0 Å². The second-order valence-corrected chi connectivity index (χ2v) is 5.27. The Morgan fingerprint density at radius 2 is 1.40 bits per heavy atom. The fourth-order valence-corrected chi connectivity index (χ4v) is 2.65. The maximum absolute atomic E-state index is 12.0. The number of ether oxygens (including phenoxy) is 1. The SMILES string of the molecule is CC(C)=C1C(=O)OC(=O)C1=C(C)c1c(C)oc(C)c1C. The number of aryl methyl sites for hydroxylation is 2. The highest BCUT2D eigenvalue weighted by atomic mass is 16.6. The summed E-state index contributed by atoms with van der Waals surface area (Å²) in [5, 5.41) is 0. The molecule has 2 rings (SSSR count). The lowest BCUT2D eigenvalue weighted by atomic mass is 9.93. The average Bonchev–Trinajstić information content (AvgIpc) is 2.76. The fraction of sp³-hybridized carbons (Fsp3) is 0.375. The third-order valence-corrected chi connectivity index (χ3v) is 3.65. The smallest absolute Gasteiger partial charge is 0.347 e. The van der Waals surface area contributed by atoms with Gasteiger partial charge in [-0.2, -0.15) is 0 Å². The predicted octanol–water partition coefficient (Wildman–Crippen LogP) is 3.40. The molecule has 0 aliphatic carbocycles. The van der Waals surface area contributed by atoms with E-state index in [0.29, 0.717) is 11.1 Å². The van der Waals surface area contributed by atoms with Crippen molar-refractivity contribution >= 4 is 17.5 Å². The molecule has 1 saturated heterocycles. The maximum Gasteiger partial charge on any atom is 0.347 e. The first-order valence-electron chi connectivity index (χ1n) is 6.47. The Labute approximate surface area is 118 Å². The molecular formula is C16H18O4. The van der Waals surface area contributed by atoms with Crippen molar-refractivity contribution in [3.8, 4) is 0 Å². The molecule has 4 heteroatoms. The van der Waals surface area contributed by atoms with Crippen LogP contribution in [0, 0.1) is 20.8 Å². The summed E-state index contributed by atoms with van der Waals surface area (Å²) < 4.78 is 10.3. The molecule has 1 aromatic heterocycles. The Morgan fingerprint density at radius 1 is 0.850 bits per heavy atom. The number of carbonyl (C=O) groups is 2. The standard InChI is InChI=1S/C16H18O4/c1-7(2)12-14(16(18)20-15(12)17)9(4)13-8(3)10(5)19-11(13)6/h1-6H3. The van der Waals surface area contributed by atoms with Gasteiger partial charge in [0, 0.05) is 5.56 Å².